The first-order chi connectivity index (χ1) is 7.49. The van der Waals surface area contributed by atoms with E-state index in [0.717, 1.165) is 0 Å². The Balaban J connectivity index is 0.000000281. The zero-order valence-corrected chi connectivity index (χ0v) is 8.16. The molecule has 1 rings (SSSR count). The molecule has 0 saturated carbocycles. The van der Waals surface area contributed by atoms with Gasteiger partial charge in [0.05, 0.1) is 0 Å². The maximum Gasteiger partial charge on any atom is 0.370 e. The number of hydrogen-bond acceptors (Lipinski definition) is 1. The molecular formula is C11H9F3O2. The molecule has 0 heterocycles. The van der Waals surface area contributed by atoms with Crippen LogP contribution in [0.1, 0.15) is 5.56 Å². The van der Waals surface area contributed by atoms with Gasteiger partial charge in [-0.05, 0) is 5.56 Å². The highest BCUT2D eigenvalue weighted by molar-refractivity contribution is 5.84. The minimum atomic E-state index is -2.81. The van der Waals surface area contributed by atoms with Crippen molar-refractivity contribution >= 4 is 12.0 Å². The highest BCUT2D eigenvalue weighted by Gasteiger charge is 2.12. The van der Waals surface area contributed by atoms with Gasteiger partial charge in [0, 0.05) is 0 Å². The van der Waals surface area contributed by atoms with Gasteiger partial charge in [0.1, 0.15) is 0 Å². The van der Waals surface area contributed by atoms with E-state index in [0.29, 0.717) is 0 Å². The zero-order valence-electron chi connectivity index (χ0n) is 8.16. The molecule has 0 aliphatic carbocycles. The molecule has 1 N–H and O–H groups in total. The quantitative estimate of drug-likeness (QED) is 0.789. The molecule has 0 aliphatic rings. The van der Waals surface area contributed by atoms with Crippen molar-refractivity contribution in [3.05, 3.63) is 54.4 Å². The molecule has 0 fully saturated rings. The fourth-order valence-electron chi connectivity index (χ4n) is 0.670. The Kier molecular flexibility index (Phi) is 6.35. The molecule has 0 bridgehead atoms. The summed E-state index contributed by atoms with van der Waals surface area (Å²) in [6, 6.07) is 10.0. The van der Waals surface area contributed by atoms with Crippen LogP contribution in [-0.4, -0.2) is 11.1 Å². The van der Waals surface area contributed by atoms with Crippen LogP contribution in [0.4, 0.5) is 13.2 Å². The summed E-state index contributed by atoms with van der Waals surface area (Å²) < 4.78 is 32.8. The van der Waals surface area contributed by atoms with Gasteiger partial charge in [0.2, 0.25) is 0 Å². The van der Waals surface area contributed by atoms with Crippen LogP contribution >= 0.6 is 0 Å². The summed E-state index contributed by atoms with van der Waals surface area (Å²) in [5.41, 5.74) is 1.17. The number of rotatable bonds is 2. The van der Waals surface area contributed by atoms with Crippen LogP contribution in [0.25, 0.3) is 6.08 Å². The van der Waals surface area contributed by atoms with Gasteiger partial charge in [0.25, 0.3) is 5.83 Å². The van der Waals surface area contributed by atoms with Crippen molar-refractivity contribution < 1.29 is 23.1 Å². The van der Waals surface area contributed by atoms with Crippen molar-refractivity contribution in [3.63, 3.8) is 0 Å². The Hall–Kier alpha value is -2.04. The zero-order chi connectivity index (χ0) is 12.6. The van der Waals surface area contributed by atoms with Crippen LogP contribution in [-0.2, 0) is 4.79 Å². The first kappa shape index (κ1) is 14.0. The van der Waals surface area contributed by atoms with Gasteiger partial charge < -0.3 is 5.11 Å². The number of benzene rings is 1. The average molecular weight is 230 g/mol. The van der Waals surface area contributed by atoms with Crippen LogP contribution in [0.2, 0.25) is 0 Å². The van der Waals surface area contributed by atoms with Crippen LogP contribution in [0, 0.1) is 0 Å². The second-order valence-corrected chi connectivity index (χ2v) is 2.49. The largest absolute Gasteiger partial charge is 0.476 e. The van der Waals surface area contributed by atoms with Crippen LogP contribution < -0.4 is 0 Å². The number of hydrogen-bond donors (Lipinski definition) is 1. The number of halogens is 3. The first-order valence-electron chi connectivity index (χ1n) is 4.10. The fraction of sp³-hybridized carbons (Fsp3) is 0. The normalized spacial score (nSPS) is 8.44. The monoisotopic (exact) mass is 230 g/mol. The summed E-state index contributed by atoms with van der Waals surface area (Å²) in [6.07, 6.45) is -0.975. The van der Waals surface area contributed by atoms with E-state index >= 15 is 0 Å². The summed E-state index contributed by atoms with van der Waals surface area (Å²) in [5.74, 6) is -4.64. The maximum atomic E-state index is 11.2. The highest BCUT2D eigenvalue weighted by atomic mass is 19.3. The van der Waals surface area contributed by atoms with Crippen molar-refractivity contribution in [2.75, 3.05) is 0 Å². The van der Waals surface area contributed by atoms with Crippen LogP contribution in [0.3, 0.4) is 0 Å². The maximum absolute atomic E-state index is 11.2. The molecule has 0 amide bonds. The van der Waals surface area contributed by atoms with Gasteiger partial charge >= 0.3 is 12.0 Å². The molecule has 1 aromatic carbocycles. The van der Waals surface area contributed by atoms with E-state index in [1.807, 2.05) is 36.4 Å². The number of carboxylic acids is 1. The Morgan fingerprint density at radius 2 is 1.69 bits per heavy atom. The molecule has 16 heavy (non-hydrogen) atoms. The van der Waals surface area contributed by atoms with Gasteiger partial charge in [-0.25, -0.2) is 4.79 Å². The summed E-state index contributed by atoms with van der Waals surface area (Å²) in [4.78, 5) is 9.23. The fourth-order valence-corrected chi connectivity index (χ4v) is 0.670. The SMILES string of the molecule is C=Cc1ccccc1.O=C(O)C(F)=C(F)F. The number of aliphatic carboxylic acids is 1. The average Bonchev–Trinajstić information content (AvgIpc) is 2.29. The Morgan fingerprint density at radius 1 is 1.19 bits per heavy atom. The summed E-state index contributed by atoms with van der Waals surface area (Å²) >= 11 is 0. The predicted molar refractivity (Wildman–Crippen MR) is 54.5 cm³/mol. The third-order valence-electron chi connectivity index (χ3n) is 1.39. The lowest BCUT2D eigenvalue weighted by Crippen LogP contribution is -1.94. The molecule has 0 atom stereocenters. The lowest BCUT2D eigenvalue weighted by molar-refractivity contribution is -0.134. The first-order valence-corrected chi connectivity index (χ1v) is 4.10. The van der Waals surface area contributed by atoms with E-state index in [-0.39, 0.29) is 0 Å². The second kappa shape index (κ2) is 7.28. The van der Waals surface area contributed by atoms with Crippen molar-refractivity contribution in [2.24, 2.45) is 0 Å². The van der Waals surface area contributed by atoms with Gasteiger partial charge in [-0.1, -0.05) is 43.0 Å². The van der Waals surface area contributed by atoms with Crippen molar-refractivity contribution in [1.82, 2.24) is 0 Å². The van der Waals surface area contributed by atoms with E-state index in [1.54, 1.807) is 0 Å². The molecule has 86 valence electrons. The highest BCUT2D eigenvalue weighted by Crippen LogP contribution is 2.07. The minimum absolute atomic E-state index is 1.17. The molecule has 0 aliphatic heterocycles. The summed E-state index contributed by atoms with van der Waals surface area (Å²) in [5, 5.41) is 7.44. The smallest absolute Gasteiger partial charge is 0.370 e. The van der Waals surface area contributed by atoms with E-state index in [4.69, 9.17) is 5.11 Å². The summed E-state index contributed by atoms with van der Waals surface area (Å²) in [6.45, 7) is 3.63. The molecular weight excluding hydrogens is 221 g/mol. The minimum Gasteiger partial charge on any atom is -0.476 e. The molecule has 0 radical (unpaired) electrons. The third-order valence-corrected chi connectivity index (χ3v) is 1.39. The van der Waals surface area contributed by atoms with Crippen molar-refractivity contribution in [3.8, 4) is 0 Å². The predicted octanol–water partition coefficient (Wildman–Crippen LogP) is 3.48. The number of carboxylic acid groups (broad SMARTS) is 1. The Bertz CT molecular complexity index is 381. The summed E-state index contributed by atoms with van der Waals surface area (Å²) in [7, 11) is 0. The second-order valence-electron chi connectivity index (χ2n) is 2.49. The lowest BCUT2D eigenvalue weighted by atomic mass is 10.2. The van der Waals surface area contributed by atoms with Gasteiger partial charge in [0.15, 0.2) is 0 Å². The van der Waals surface area contributed by atoms with Gasteiger partial charge in [-0.15, -0.1) is 0 Å². The topological polar surface area (TPSA) is 37.3 Å². The molecule has 0 unspecified atom stereocenters. The Labute approximate surface area is 90.3 Å². The Morgan fingerprint density at radius 3 is 1.88 bits per heavy atom. The van der Waals surface area contributed by atoms with E-state index in [1.165, 1.54) is 5.56 Å². The van der Waals surface area contributed by atoms with E-state index < -0.39 is 17.9 Å². The molecule has 0 saturated heterocycles. The third kappa shape index (κ3) is 5.64. The molecule has 1 aromatic rings. The number of carbonyl (C=O) groups is 1. The van der Waals surface area contributed by atoms with Crippen molar-refractivity contribution in [1.29, 1.82) is 0 Å². The molecule has 2 nitrogen and oxygen atoms in total. The van der Waals surface area contributed by atoms with Gasteiger partial charge in [-0.3, -0.25) is 0 Å². The lowest BCUT2D eigenvalue weighted by Gasteiger charge is -1.85. The van der Waals surface area contributed by atoms with Crippen molar-refractivity contribution in [2.45, 2.75) is 0 Å². The van der Waals surface area contributed by atoms with E-state index in [2.05, 4.69) is 6.58 Å². The van der Waals surface area contributed by atoms with Crippen LogP contribution in [0.5, 0.6) is 0 Å². The molecule has 5 heteroatoms. The standard InChI is InChI=1S/C8H8.C3HF3O2/c1-2-8-6-4-3-5-7-8;4-1(2(5)6)3(7)8/h2-7H,1H2;(H,7,8). The van der Waals surface area contributed by atoms with Gasteiger partial charge in [-0.2, -0.15) is 13.2 Å². The van der Waals surface area contributed by atoms with Crippen LogP contribution in [0.15, 0.2) is 48.8 Å². The molecule has 0 aromatic heterocycles. The van der Waals surface area contributed by atoms with E-state index in [9.17, 15) is 18.0 Å². The molecule has 0 spiro atoms.